The molecule has 3 heterocycles. The maximum absolute atomic E-state index is 12.7. The SMILES string of the molecule is CC1(C2CCN(S(=O)(=O)c3ccc(C(F)(F)F)s3)CC2)NC(=O)NC1=O. The van der Waals surface area contributed by atoms with E-state index in [-0.39, 0.29) is 34.6 Å². The molecule has 26 heavy (non-hydrogen) atoms. The molecule has 1 unspecified atom stereocenters. The molecule has 3 amide bonds. The Morgan fingerprint density at radius 2 is 1.85 bits per heavy atom. The van der Waals surface area contributed by atoms with Crippen molar-refractivity contribution in [3.63, 3.8) is 0 Å². The molecular formula is C14H16F3N3O4S2. The van der Waals surface area contributed by atoms with Gasteiger partial charge in [-0.15, -0.1) is 11.3 Å². The molecule has 0 bridgehead atoms. The van der Waals surface area contributed by atoms with Crippen molar-refractivity contribution in [3.8, 4) is 0 Å². The highest BCUT2D eigenvalue weighted by Crippen LogP contribution is 2.38. The smallest absolute Gasteiger partial charge is 0.323 e. The number of sulfonamides is 1. The summed E-state index contributed by atoms with van der Waals surface area (Å²) in [4.78, 5) is 22.4. The minimum absolute atomic E-state index is 0.0605. The summed E-state index contributed by atoms with van der Waals surface area (Å²) >= 11 is 0.191. The van der Waals surface area contributed by atoms with Crippen molar-refractivity contribution >= 4 is 33.3 Å². The molecule has 2 N–H and O–H groups in total. The maximum atomic E-state index is 12.7. The lowest BCUT2D eigenvalue weighted by molar-refractivity contribution is -0.134. The molecule has 1 aromatic rings. The first-order chi connectivity index (χ1) is 11.9. The number of thiophene rings is 1. The molecule has 2 saturated heterocycles. The van der Waals surface area contributed by atoms with E-state index in [2.05, 4.69) is 10.6 Å². The van der Waals surface area contributed by atoms with Crippen molar-refractivity contribution in [2.45, 2.75) is 35.7 Å². The lowest BCUT2D eigenvalue weighted by atomic mass is 9.79. The Kier molecular flexibility index (Phi) is 4.56. The second-order valence-corrected chi connectivity index (χ2v) is 9.65. The number of carbonyl (C=O) groups excluding carboxylic acids is 2. The monoisotopic (exact) mass is 411 g/mol. The Morgan fingerprint density at radius 1 is 1.23 bits per heavy atom. The van der Waals surface area contributed by atoms with Crippen molar-refractivity contribution in [2.75, 3.05) is 13.1 Å². The number of alkyl halides is 3. The molecular weight excluding hydrogens is 395 g/mol. The molecule has 1 aromatic heterocycles. The Morgan fingerprint density at radius 3 is 2.31 bits per heavy atom. The Labute approximate surface area is 151 Å². The number of rotatable bonds is 3. The van der Waals surface area contributed by atoms with E-state index in [1.54, 1.807) is 6.92 Å². The van der Waals surface area contributed by atoms with Crippen molar-refractivity contribution in [3.05, 3.63) is 17.0 Å². The number of urea groups is 1. The van der Waals surface area contributed by atoms with Crippen LogP contribution >= 0.6 is 11.3 Å². The van der Waals surface area contributed by atoms with Crippen LogP contribution in [0, 0.1) is 5.92 Å². The van der Waals surface area contributed by atoms with Gasteiger partial charge in [0.05, 0.1) is 0 Å². The number of piperidine rings is 1. The average molecular weight is 411 g/mol. The van der Waals surface area contributed by atoms with Crippen molar-refractivity contribution in [1.29, 1.82) is 0 Å². The van der Waals surface area contributed by atoms with E-state index in [1.165, 1.54) is 0 Å². The molecule has 0 radical (unpaired) electrons. The van der Waals surface area contributed by atoms with Crippen LogP contribution in [0.5, 0.6) is 0 Å². The average Bonchev–Trinajstić information content (AvgIpc) is 3.14. The number of amides is 3. The summed E-state index contributed by atoms with van der Waals surface area (Å²) in [5, 5.41) is 4.73. The number of halogens is 3. The number of carbonyl (C=O) groups is 2. The fraction of sp³-hybridized carbons (Fsp3) is 0.571. The molecule has 2 aliphatic rings. The van der Waals surface area contributed by atoms with E-state index < -0.39 is 38.6 Å². The lowest BCUT2D eigenvalue weighted by Crippen LogP contribution is -2.54. The van der Waals surface area contributed by atoms with Gasteiger partial charge < -0.3 is 5.32 Å². The van der Waals surface area contributed by atoms with Gasteiger partial charge in [-0.1, -0.05) is 0 Å². The third-order valence-electron chi connectivity index (χ3n) is 4.80. The summed E-state index contributed by atoms with van der Waals surface area (Å²) in [6.07, 6.45) is -3.98. The normalized spacial score (nSPS) is 26.0. The number of imide groups is 1. The number of hydrogen-bond acceptors (Lipinski definition) is 5. The van der Waals surface area contributed by atoms with Crippen molar-refractivity contribution in [2.24, 2.45) is 5.92 Å². The molecule has 7 nitrogen and oxygen atoms in total. The lowest BCUT2D eigenvalue weighted by Gasteiger charge is -2.37. The van der Waals surface area contributed by atoms with Crippen LogP contribution in [0.3, 0.4) is 0 Å². The summed E-state index contributed by atoms with van der Waals surface area (Å²) in [5.41, 5.74) is -1.11. The molecule has 12 heteroatoms. The van der Waals surface area contributed by atoms with E-state index in [0.29, 0.717) is 12.8 Å². The highest BCUT2D eigenvalue weighted by Gasteiger charge is 2.49. The van der Waals surface area contributed by atoms with E-state index in [9.17, 15) is 31.2 Å². The fourth-order valence-electron chi connectivity index (χ4n) is 3.26. The van der Waals surface area contributed by atoms with Gasteiger partial charge in [0.25, 0.3) is 15.9 Å². The van der Waals surface area contributed by atoms with E-state index >= 15 is 0 Å². The van der Waals surface area contributed by atoms with E-state index in [4.69, 9.17) is 0 Å². The highest BCUT2D eigenvalue weighted by atomic mass is 32.2. The van der Waals surface area contributed by atoms with Gasteiger partial charge in [0, 0.05) is 13.1 Å². The van der Waals surface area contributed by atoms with Gasteiger partial charge in [0.1, 0.15) is 14.6 Å². The van der Waals surface area contributed by atoms with Crippen LogP contribution < -0.4 is 10.6 Å². The van der Waals surface area contributed by atoms with Crippen LogP contribution in [0.1, 0.15) is 24.6 Å². The van der Waals surface area contributed by atoms with Crippen LogP contribution in [-0.4, -0.2) is 43.3 Å². The minimum atomic E-state index is -4.59. The Bertz CT molecular complexity index is 844. The summed E-state index contributed by atoms with van der Waals surface area (Å²) < 4.78 is 64.0. The quantitative estimate of drug-likeness (QED) is 0.741. The van der Waals surface area contributed by atoms with Crippen molar-refractivity contribution < 1.29 is 31.2 Å². The molecule has 0 spiro atoms. The second kappa shape index (κ2) is 6.20. The fourth-order valence-corrected chi connectivity index (χ4v) is 6.05. The van der Waals surface area contributed by atoms with Crippen LogP contribution in [-0.2, 0) is 21.0 Å². The third kappa shape index (κ3) is 3.21. The molecule has 144 valence electrons. The molecule has 0 saturated carbocycles. The Hall–Kier alpha value is -1.66. The zero-order valence-electron chi connectivity index (χ0n) is 13.6. The highest BCUT2D eigenvalue weighted by molar-refractivity contribution is 7.91. The van der Waals surface area contributed by atoms with Crippen LogP contribution in [0.2, 0.25) is 0 Å². The van der Waals surface area contributed by atoms with Crippen LogP contribution in [0.15, 0.2) is 16.3 Å². The maximum Gasteiger partial charge on any atom is 0.425 e. The van der Waals surface area contributed by atoms with Crippen LogP contribution in [0.25, 0.3) is 0 Å². The van der Waals surface area contributed by atoms with Gasteiger partial charge in [-0.3, -0.25) is 10.1 Å². The predicted octanol–water partition coefficient (Wildman–Crippen LogP) is 1.77. The zero-order valence-corrected chi connectivity index (χ0v) is 15.2. The molecule has 0 aliphatic carbocycles. The summed E-state index contributed by atoms with van der Waals surface area (Å²) in [7, 11) is -4.03. The standard InChI is InChI=1S/C14H16F3N3O4S2/c1-13(11(21)18-12(22)19-13)8-4-6-20(7-5-8)26(23,24)10-3-2-9(25-10)14(15,16)17/h2-3,8H,4-7H2,1H3,(H2,18,19,21,22). The first kappa shape index (κ1) is 19.1. The molecule has 0 aromatic carbocycles. The molecule has 2 fully saturated rings. The second-order valence-electron chi connectivity index (χ2n) is 6.41. The molecule has 1 atom stereocenters. The van der Waals surface area contributed by atoms with E-state index in [1.807, 2.05) is 0 Å². The summed E-state index contributed by atoms with van der Waals surface area (Å²) in [6, 6.07) is 1.12. The first-order valence-electron chi connectivity index (χ1n) is 7.75. The predicted molar refractivity (Wildman–Crippen MR) is 85.9 cm³/mol. The summed E-state index contributed by atoms with van der Waals surface area (Å²) in [5.74, 6) is -0.730. The van der Waals surface area contributed by atoms with Gasteiger partial charge in [-0.05, 0) is 37.8 Å². The Balaban J connectivity index is 1.72. The van der Waals surface area contributed by atoms with Gasteiger partial charge in [0.2, 0.25) is 0 Å². The summed E-state index contributed by atoms with van der Waals surface area (Å²) in [6.45, 7) is 1.70. The minimum Gasteiger partial charge on any atom is -0.323 e. The largest absolute Gasteiger partial charge is 0.425 e. The van der Waals surface area contributed by atoms with Gasteiger partial charge >= 0.3 is 12.2 Å². The number of hydrogen-bond donors (Lipinski definition) is 2. The molecule has 3 rings (SSSR count). The first-order valence-corrected chi connectivity index (χ1v) is 10.0. The van der Waals surface area contributed by atoms with Gasteiger partial charge in [-0.2, -0.15) is 17.5 Å². The van der Waals surface area contributed by atoms with Crippen LogP contribution in [0.4, 0.5) is 18.0 Å². The van der Waals surface area contributed by atoms with Crippen molar-refractivity contribution in [1.82, 2.24) is 14.9 Å². The number of nitrogens with one attached hydrogen (secondary N) is 2. The number of nitrogens with zero attached hydrogens (tertiary/aromatic N) is 1. The van der Waals surface area contributed by atoms with Gasteiger partial charge in [0.15, 0.2) is 0 Å². The topological polar surface area (TPSA) is 95.6 Å². The third-order valence-corrected chi connectivity index (χ3v) is 8.29. The van der Waals surface area contributed by atoms with E-state index in [0.717, 1.165) is 16.4 Å². The zero-order chi connectivity index (χ0) is 19.3. The van der Waals surface area contributed by atoms with Gasteiger partial charge in [-0.25, -0.2) is 13.2 Å². The molecule has 2 aliphatic heterocycles.